The number of carbonyl (C=O) groups is 1. The van der Waals surface area contributed by atoms with Gasteiger partial charge in [0, 0.05) is 0 Å². The monoisotopic (exact) mass is 322 g/mol. The van der Waals surface area contributed by atoms with Gasteiger partial charge in [-0.1, -0.05) is 0 Å². The van der Waals surface area contributed by atoms with Gasteiger partial charge < -0.3 is 4.74 Å². The minimum atomic E-state index is -0.572. The number of ether oxygens (including phenoxy) is 1. The summed E-state index contributed by atoms with van der Waals surface area (Å²) in [4.78, 5) is 25.8. The van der Waals surface area contributed by atoms with Crippen LogP contribution in [-0.4, -0.2) is 34.2 Å². The van der Waals surface area contributed by atoms with Crippen LogP contribution in [0.4, 0.5) is 5.95 Å². The van der Waals surface area contributed by atoms with E-state index in [2.05, 4.69) is 56.5 Å². The van der Waals surface area contributed by atoms with Crippen molar-refractivity contribution in [1.29, 1.82) is 0 Å². The number of carbonyl (C=O) groups excluding carboxylic acids is 1. The van der Waals surface area contributed by atoms with E-state index in [1.165, 1.54) is 7.11 Å². The second-order valence-electron chi connectivity index (χ2n) is 1.95. The smallest absolute Gasteiger partial charge is 0.349 e. The summed E-state index contributed by atoms with van der Waals surface area (Å²) < 4.78 is 5.01. The predicted molar refractivity (Wildman–Crippen MR) is 55.4 cm³/mol. The maximum Gasteiger partial charge on any atom is 0.349 e. The molecule has 1 rings (SSSR count). The molecule has 0 aromatic carbocycles. The summed E-state index contributed by atoms with van der Waals surface area (Å²) >= 11 is 6.11. The fourth-order valence-electron chi connectivity index (χ4n) is 0.537. The van der Waals surface area contributed by atoms with Crippen LogP contribution in [0, 0.1) is 0 Å². The highest BCUT2D eigenvalue weighted by atomic mass is 79.9. The number of aromatic nitrogens is 3. The molecule has 0 radical (unpaired) electrons. The summed E-state index contributed by atoms with van der Waals surface area (Å²) in [5, 5.41) is 0. The van der Waals surface area contributed by atoms with Gasteiger partial charge in [-0.2, -0.15) is 15.0 Å². The third-order valence-electron chi connectivity index (χ3n) is 1.06. The molecule has 0 spiro atoms. The van der Waals surface area contributed by atoms with Crippen LogP contribution in [0.5, 0.6) is 0 Å². The van der Waals surface area contributed by atoms with E-state index in [4.69, 9.17) is 0 Å². The van der Waals surface area contributed by atoms with Gasteiger partial charge in [0.05, 0.1) is 7.11 Å². The average molecular weight is 324 g/mol. The number of aliphatic imine (C=N–C) groups is 1. The van der Waals surface area contributed by atoms with Crippen LogP contribution in [0.15, 0.2) is 14.5 Å². The Balaban J connectivity index is 2.86. The minimum absolute atomic E-state index is 0.115. The quantitative estimate of drug-likeness (QED) is 0.605. The van der Waals surface area contributed by atoms with Crippen molar-refractivity contribution >= 4 is 50.0 Å². The van der Waals surface area contributed by atoms with Gasteiger partial charge in [-0.05, 0) is 31.9 Å². The lowest BCUT2D eigenvalue weighted by Gasteiger charge is -1.93. The Morgan fingerprint density at radius 1 is 1.36 bits per heavy atom. The SMILES string of the molecule is COC(=O)C=Nc1nc(Br)nc(Br)n1. The van der Waals surface area contributed by atoms with Crippen LogP contribution >= 0.6 is 31.9 Å². The number of methoxy groups -OCH3 is 1. The molecule has 0 aliphatic rings. The highest BCUT2D eigenvalue weighted by Gasteiger charge is 2.00. The molecule has 0 aliphatic heterocycles. The molecule has 14 heavy (non-hydrogen) atoms. The van der Waals surface area contributed by atoms with E-state index >= 15 is 0 Å². The van der Waals surface area contributed by atoms with Crippen molar-refractivity contribution < 1.29 is 9.53 Å². The van der Waals surface area contributed by atoms with Crippen molar-refractivity contribution in [3.63, 3.8) is 0 Å². The van der Waals surface area contributed by atoms with Crippen LogP contribution in [0.1, 0.15) is 0 Å². The molecule has 0 saturated carbocycles. The first-order chi connectivity index (χ1) is 6.61. The van der Waals surface area contributed by atoms with Crippen molar-refractivity contribution in [1.82, 2.24) is 15.0 Å². The van der Waals surface area contributed by atoms with Crippen molar-refractivity contribution in [3.8, 4) is 0 Å². The molecule has 0 amide bonds. The van der Waals surface area contributed by atoms with E-state index < -0.39 is 5.97 Å². The Morgan fingerprint density at radius 3 is 2.43 bits per heavy atom. The van der Waals surface area contributed by atoms with Gasteiger partial charge in [-0.3, -0.25) is 0 Å². The Bertz CT molecular complexity index is 362. The first-order valence-electron chi connectivity index (χ1n) is 3.31. The highest BCUT2D eigenvalue weighted by molar-refractivity contribution is 9.11. The van der Waals surface area contributed by atoms with Gasteiger partial charge in [-0.15, -0.1) is 0 Å². The van der Waals surface area contributed by atoms with Crippen molar-refractivity contribution in [2.75, 3.05) is 7.11 Å². The van der Waals surface area contributed by atoms with Gasteiger partial charge in [0.2, 0.25) is 9.47 Å². The van der Waals surface area contributed by atoms with Gasteiger partial charge in [0.1, 0.15) is 6.21 Å². The molecule has 0 aliphatic carbocycles. The number of esters is 1. The molecule has 6 nitrogen and oxygen atoms in total. The van der Waals surface area contributed by atoms with E-state index in [1.807, 2.05) is 0 Å². The molecule has 0 atom stereocenters. The first-order valence-corrected chi connectivity index (χ1v) is 4.89. The summed E-state index contributed by atoms with van der Waals surface area (Å²) in [7, 11) is 1.26. The zero-order chi connectivity index (χ0) is 10.6. The number of hydrogen-bond acceptors (Lipinski definition) is 6. The molecule has 0 bridgehead atoms. The van der Waals surface area contributed by atoms with E-state index in [1.54, 1.807) is 0 Å². The van der Waals surface area contributed by atoms with Crippen molar-refractivity contribution in [2.24, 2.45) is 4.99 Å². The zero-order valence-corrected chi connectivity index (χ0v) is 10.1. The van der Waals surface area contributed by atoms with Crippen LogP contribution in [0.3, 0.4) is 0 Å². The van der Waals surface area contributed by atoms with Crippen molar-refractivity contribution in [2.45, 2.75) is 0 Å². The lowest BCUT2D eigenvalue weighted by Crippen LogP contribution is -2.01. The molecule has 1 heterocycles. The number of hydrogen-bond donors (Lipinski definition) is 0. The maximum absolute atomic E-state index is 10.7. The molecule has 0 N–H and O–H groups in total. The van der Waals surface area contributed by atoms with Crippen LogP contribution in [0.2, 0.25) is 0 Å². The summed E-state index contributed by atoms with van der Waals surface area (Å²) in [5.74, 6) is -0.457. The minimum Gasteiger partial charge on any atom is -0.465 e. The number of halogens is 2. The molecule has 0 saturated heterocycles. The van der Waals surface area contributed by atoms with E-state index in [-0.39, 0.29) is 5.95 Å². The molecule has 0 unspecified atom stereocenters. The molecule has 1 aromatic rings. The lowest BCUT2D eigenvalue weighted by molar-refractivity contribution is -0.132. The fraction of sp³-hybridized carbons (Fsp3) is 0.167. The lowest BCUT2D eigenvalue weighted by atomic mass is 10.7. The second kappa shape index (κ2) is 5.11. The summed E-state index contributed by atoms with van der Waals surface area (Å²) in [6, 6.07) is 0. The molecular weight excluding hydrogens is 320 g/mol. The van der Waals surface area contributed by atoms with Gasteiger partial charge in [-0.25, -0.2) is 9.79 Å². The van der Waals surface area contributed by atoms with Gasteiger partial charge in [0.25, 0.3) is 5.95 Å². The largest absolute Gasteiger partial charge is 0.465 e. The summed E-state index contributed by atoms with van der Waals surface area (Å²) in [6.45, 7) is 0. The van der Waals surface area contributed by atoms with Crippen LogP contribution < -0.4 is 0 Å². The Morgan fingerprint density at radius 2 is 1.93 bits per heavy atom. The number of nitrogens with zero attached hydrogens (tertiary/aromatic N) is 4. The molecular formula is C6H4Br2N4O2. The second-order valence-corrected chi connectivity index (χ2v) is 3.37. The topological polar surface area (TPSA) is 77.3 Å². The standard InChI is InChI=1S/C6H4Br2N4O2/c1-14-3(13)2-9-6-11-4(7)10-5(8)12-6/h2H,1H3. The Hall–Kier alpha value is -0.890. The van der Waals surface area contributed by atoms with E-state index in [9.17, 15) is 4.79 Å². The van der Waals surface area contributed by atoms with Gasteiger partial charge in [0.15, 0.2) is 0 Å². The number of rotatable bonds is 2. The van der Waals surface area contributed by atoms with E-state index in [0.717, 1.165) is 6.21 Å². The van der Waals surface area contributed by atoms with Crippen LogP contribution in [-0.2, 0) is 9.53 Å². The molecule has 8 heteroatoms. The maximum atomic E-state index is 10.7. The molecule has 74 valence electrons. The molecule has 1 aromatic heterocycles. The zero-order valence-electron chi connectivity index (χ0n) is 6.94. The third-order valence-corrected chi connectivity index (χ3v) is 1.76. The highest BCUT2D eigenvalue weighted by Crippen LogP contribution is 2.12. The van der Waals surface area contributed by atoms with Crippen LogP contribution in [0.25, 0.3) is 0 Å². The molecule has 0 fully saturated rings. The first kappa shape index (κ1) is 11.2. The third kappa shape index (κ3) is 3.46. The average Bonchev–Trinajstić information content (AvgIpc) is 2.12. The fourth-order valence-corrected chi connectivity index (χ4v) is 1.43. The Kier molecular flexibility index (Phi) is 4.08. The predicted octanol–water partition coefficient (Wildman–Crippen LogP) is 1.27. The summed E-state index contributed by atoms with van der Waals surface area (Å²) in [6.07, 6.45) is 0.980. The van der Waals surface area contributed by atoms with Gasteiger partial charge >= 0.3 is 5.97 Å². The van der Waals surface area contributed by atoms with E-state index in [0.29, 0.717) is 9.47 Å². The van der Waals surface area contributed by atoms with Crippen molar-refractivity contribution in [3.05, 3.63) is 9.47 Å². The Labute approximate surface area is 96.1 Å². The normalized spacial score (nSPS) is 10.5. The summed E-state index contributed by atoms with van der Waals surface area (Å²) in [5.41, 5.74) is 0.